The predicted octanol–water partition coefficient (Wildman–Crippen LogP) is 2.20. The van der Waals surface area contributed by atoms with Crippen molar-refractivity contribution in [3.8, 4) is 0 Å². The van der Waals surface area contributed by atoms with Gasteiger partial charge in [0.05, 0.1) is 6.61 Å². The first-order valence-electron chi connectivity index (χ1n) is 6.69. The summed E-state index contributed by atoms with van der Waals surface area (Å²) in [6.45, 7) is 2.96. The molecule has 92 valence electrons. The molecule has 1 aromatic carbocycles. The number of hydrogen-bond acceptors (Lipinski definition) is 2. The van der Waals surface area contributed by atoms with Gasteiger partial charge in [0.2, 0.25) is 0 Å². The molecule has 3 atom stereocenters. The number of benzene rings is 1. The minimum Gasteiger partial charge on any atom is -0.383 e. The molecule has 1 saturated carbocycles. The second-order valence-corrected chi connectivity index (χ2v) is 5.29. The zero-order valence-electron chi connectivity index (χ0n) is 10.5. The molecule has 3 unspecified atom stereocenters. The van der Waals surface area contributed by atoms with Crippen LogP contribution in [0.1, 0.15) is 23.5 Å². The van der Waals surface area contributed by atoms with Crippen molar-refractivity contribution in [3.63, 3.8) is 0 Å². The van der Waals surface area contributed by atoms with Crippen molar-refractivity contribution in [1.29, 1.82) is 0 Å². The highest BCUT2D eigenvalue weighted by Crippen LogP contribution is 2.59. The lowest BCUT2D eigenvalue weighted by molar-refractivity contribution is 0.199. The average molecular weight is 231 g/mol. The Balaban J connectivity index is 1.59. The molecular formula is C15H21NO. The second-order valence-electron chi connectivity index (χ2n) is 5.29. The van der Waals surface area contributed by atoms with Gasteiger partial charge in [0.25, 0.3) is 0 Å². The van der Waals surface area contributed by atoms with Crippen LogP contribution in [-0.2, 0) is 11.2 Å². The summed E-state index contributed by atoms with van der Waals surface area (Å²) in [4.78, 5) is 0. The van der Waals surface area contributed by atoms with Gasteiger partial charge in [0.1, 0.15) is 0 Å². The second kappa shape index (κ2) is 4.79. The van der Waals surface area contributed by atoms with Crippen molar-refractivity contribution >= 4 is 0 Å². The molecule has 0 heterocycles. The van der Waals surface area contributed by atoms with Gasteiger partial charge in [-0.05, 0) is 48.3 Å². The first kappa shape index (κ1) is 11.2. The van der Waals surface area contributed by atoms with Crippen LogP contribution in [0.4, 0.5) is 0 Å². The van der Waals surface area contributed by atoms with Crippen LogP contribution < -0.4 is 5.32 Å². The van der Waals surface area contributed by atoms with Crippen molar-refractivity contribution < 1.29 is 4.74 Å². The lowest BCUT2D eigenvalue weighted by Gasteiger charge is -2.13. The number of hydrogen-bond donors (Lipinski definition) is 1. The van der Waals surface area contributed by atoms with E-state index < -0.39 is 0 Å². The minimum atomic E-state index is 0.818. The molecule has 1 fully saturated rings. The maximum Gasteiger partial charge on any atom is 0.0587 e. The smallest absolute Gasteiger partial charge is 0.0587 e. The Morgan fingerprint density at radius 2 is 2.24 bits per heavy atom. The van der Waals surface area contributed by atoms with Crippen LogP contribution in [0.5, 0.6) is 0 Å². The number of rotatable bonds is 5. The van der Waals surface area contributed by atoms with E-state index in [0.717, 1.165) is 37.5 Å². The average Bonchev–Trinajstić information content (AvgIpc) is 3.09. The molecule has 2 aliphatic rings. The van der Waals surface area contributed by atoms with Crippen LogP contribution in [0, 0.1) is 11.8 Å². The number of methoxy groups -OCH3 is 1. The fourth-order valence-electron chi connectivity index (χ4n) is 3.43. The highest BCUT2D eigenvalue weighted by Gasteiger charge is 2.52. The Kier molecular flexibility index (Phi) is 3.17. The lowest BCUT2D eigenvalue weighted by atomic mass is 9.92. The Morgan fingerprint density at radius 3 is 3.12 bits per heavy atom. The number of ether oxygens (including phenoxy) is 1. The van der Waals surface area contributed by atoms with Gasteiger partial charge in [-0.1, -0.05) is 24.3 Å². The molecule has 2 aliphatic carbocycles. The molecule has 3 rings (SSSR count). The van der Waals surface area contributed by atoms with Gasteiger partial charge in [0.15, 0.2) is 0 Å². The van der Waals surface area contributed by atoms with Gasteiger partial charge in [-0.2, -0.15) is 0 Å². The molecule has 2 nitrogen and oxygen atoms in total. The highest BCUT2D eigenvalue weighted by atomic mass is 16.5. The Hall–Kier alpha value is -0.860. The molecule has 2 heteroatoms. The van der Waals surface area contributed by atoms with Crippen LogP contribution in [0.25, 0.3) is 0 Å². The summed E-state index contributed by atoms with van der Waals surface area (Å²) < 4.78 is 5.06. The SMILES string of the molecule is COCCNCC1C2CCc3ccccc3C21. The molecule has 0 amide bonds. The summed E-state index contributed by atoms with van der Waals surface area (Å²) in [5.41, 5.74) is 3.22. The maximum atomic E-state index is 5.06. The first-order chi connectivity index (χ1) is 8.42. The Morgan fingerprint density at radius 1 is 1.35 bits per heavy atom. The lowest BCUT2D eigenvalue weighted by Crippen LogP contribution is -2.22. The standard InChI is InChI=1S/C15H21NO/c1-17-9-8-16-10-14-13-7-6-11-4-2-3-5-12(11)15(13)14/h2-5,13-16H,6-10H2,1H3. The summed E-state index contributed by atoms with van der Waals surface area (Å²) in [6, 6.07) is 9.00. The zero-order valence-corrected chi connectivity index (χ0v) is 10.5. The molecule has 0 spiro atoms. The van der Waals surface area contributed by atoms with E-state index in [1.807, 2.05) is 0 Å². The molecule has 1 N–H and O–H groups in total. The minimum absolute atomic E-state index is 0.818. The summed E-state index contributed by atoms with van der Waals surface area (Å²) in [5, 5.41) is 3.51. The summed E-state index contributed by atoms with van der Waals surface area (Å²) in [7, 11) is 1.76. The van der Waals surface area contributed by atoms with Crippen LogP contribution in [0.3, 0.4) is 0 Å². The van der Waals surface area contributed by atoms with Crippen molar-refractivity contribution in [2.24, 2.45) is 11.8 Å². The predicted molar refractivity (Wildman–Crippen MR) is 69.2 cm³/mol. The third-order valence-electron chi connectivity index (χ3n) is 4.36. The van der Waals surface area contributed by atoms with Crippen LogP contribution in [-0.4, -0.2) is 26.8 Å². The molecule has 0 saturated heterocycles. The van der Waals surface area contributed by atoms with Crippen molar-refractivity contribution in [2.75, 3.05) is 26.8 Å². The van der Waals surface area contributed by atoms with Gasteiger partial charge in [-0.3, -0.25) is 0 Å². The largest absolute Gasteiger partial charge is 0.383 e. The highest BCUT2D eigenvalue weighted by molar-refractivity contribution is 5.39. The van der Waals surface area contributed by atoms with Crippen molar-refractivity contribution in [3.05, 3.63) is 35.4 Å². The topological polar surface area (TPSA) is 21.3 Å². The molecule has 0 aromatic heterocycles. The summed E-state index contributed by atoms with van der Waals surface area (Å²) in [5.74, 6) is 2.66. The van der Waals surface area contributed by atoms with E-state index in [2.05, 4.69) is 29.6 Å². The van der Waals surface area contributed by atoms with E-state index in [4.69, 9.17) is 4.74 Å². The molecular weight excluding hydrogens is 210 g/mol. The van der Waals surface area contributed by atoms with Gasteiger partial charge in [0, 0.05) is 13.7 Å². The summed E-state index contributed by atoms with van der Waals surface area (Å²) in [6.07, 6.45) is 2.67. The molecule has 17 heavy (non-hydrogen) atoms. The Labute approximate surface area is 103 Å². The normalized spacial score (nSPS) is 29.6. The zero-order chi connectivity index (χ0) is 11.7. The van der Waals surface area contributed by atoms with E-state index in [1.165, 1.54) is 12.8 Å². The quantitative estimate of drug-likeness (QED) is 0.784. The number of nitrogens with one attached hydrogen (secondary N) is 1. The number of aryl methyl sites for hydroxylation is 1. The van der Waals surface area contributed by atoms with Gasteiger partial charge in [-0.25, -0.2) is 0 Å². The van der Waals surface area contributed by atoms with Gasteiger partial charge in [-0.15, -0.1) is 0 Å². The van der Waals surface area contributed by atoms with E-state index in [0.29, 0.717) is 0 Å². The first-order valence-corrected chi connectivity index (χ1v) is 6.69. The van der Waals surface area contributed by atoms with Crippen molar-refractivity contribution in [1.82, 2.24) is 5.32 Å². The molecule has 0 aliphatic heterocycles. The van der Waals surface area contributed by atoms with E-state index >= 15 is 0 Å². The third kappa shape index (κ3) is 2.12. The molecule has 0 radical (unpaired) electrons. The van der Waals surface area contributed by atoms with E-state index in [-0.39, 0.29) is 0 Å². The maximum absolute atomic E-state index is 5.06. The fourth-order valence-corrected chi connectivity index (χ4v) is 3.43. The van der Waals surface area contributed by atoms with Gasteiger partial charge >= 0.3 is 0 Å². The van der Waals surface area contributed by atoms with E-state index in [1.54, 1.807) is 18.2 Å². The van der Waals surface area contributed by atoms with Crippen LogP contribution >= 0.6 is 0 Å². The van der Waals surface area contributed by atoms with Gasteiger partial charge < -0.3 is 10.1 Å². The third-order valence-corrected chi connectivity index (χ3v) is 4.36. The Bertz CT molecular complexity index is 390. The van der Waals surface area contributed by atoms with Crippen LogP contribution in [0.15, 0.2) is 24.3 Å². The monoisotopic (exact) mass is 231 g/mol. The fraction of sp³-hybridized carbons (Fsp3) is 0.600. The number of fused-ring (bicyclic) bond motifs is 3. The van der Waals surface area contributed by atoms with Crippen molar-refractivity contribution in [2.45, 2.75) is 18.8 Å². The van der Waals surface area contributed by atoms with E-state index in [9.17, 15) is 0 Å². The molecule has 1 aromatic rings. The van der Waals surface area contributed by atoms with Crippen LogP contribution in [0.2, 0.25) is 0 Å². The molecule has 0 bridgehead atoms. The summed E-state index contributed by atoms with van der Waals surface area (Å²) >= 11 is 0.